The second-order valence-corrected chi connectivity index (χ2v) is 3.92. The van der Waals surface area contributed by atoms with Crippen LogP contribution in [0.4, 0.5) is 13.2 Å². The molecule has 0 amide bonds. The smallest absolute Gasteiger partial charge is 0.226 e. The Balaban J connectivity index is 2.50. The third-order valence-corrected chi connectivity index (χ3v) is 2.57. The van der Waals surface area contributed by atoms with Crippen LogP contribution in [0.25, 0.3) is 5.52 Å². The van der Waals surface area contributed by atoms with Crippen molar-refractivity contribution in [2.45, 2.75) is 12.6 Å². The Kier molecular flexibility index (Phi) is 2.46. The van der Waals surface area contributed by atoms with E-state index in [0.29, 0.717) is 10.1 Å². The molecule has 0 aliphatic heterocycles. The van der Waals surface area contributed by atoms with Crippen molar-refractivity contribution in [2.24, 2.45) is 0 Å². The van der Waals surface area contributed by atoms with Crippen LogP contribution in [0.5, 0.6) is 0 Å². The molecule has 0 spiro atoms. The molecule has 15 heavy (non-hydrogen) atoms. The molecule has 0 N–H and O–H groups in total. The summed E-state index contributed by atoms with van der Waals surface area (Å²) in [4.78, 5) is 0. The molecule has 0 aliphatic rings. The van der Waals surface area contributed by atoms with Gasteiger partial charge < -0.3 is 0 Å². The van der Waals surface area contributed by atoms with E-state index in [2.05, 4.69) is 21.0 Å². The Morgan fingerprint density at radius 1 is 1.33 bits per heavy atom. The van der Waals surface area contributed by atoms with Crippen molar-refractivity contribution >= 4 is 21.4 Å². The number of nitrogens with zero attached hydrogens (tertiary/aromatic N) is 2. The summed E-state index contributed by atoms with van der Waals surface area (Å²) in [5.74, 6) is 0. The molecule has 0 unspecified atom stereocenters. The topological polar surface area (TPSA) is 17.3 Å². The Hall–Kier alpha value is -1.04. The molecule has 80 valence electrons. The fraction of sp³-hybridized carbons (Fsp3) is 0.222. The Morgan fingerprint density at radius 3 is 2.73 bits per heavy atom. The summed E-state index contributed by atoms with van der Waals surface area (Å²) in [5.41, 5.74) is 0.658. The van der Waals surface area contributed by atoms with Gasteiger partial charge in [-0.15, -0.1) is 0 Å². The van der Waals surface area contributed by atoms with E-state index in [0.717, 1.165) is 0 Å². The van der Waals surface area contributed by atoms with Crippen molar-refractivity contribution in [1.82, 2.24) is 9.61 Å². The Morgan fingerprint density at radius 2 is 2.07 bits per heavy atom. The second kappa shape index (κ2) is 3.52. The molecule has 0 atom stereocenters. The average molecular weight is 279 g/mol. The summed E-state index contributed by atoms with van der Waals surface area (Å²) in [6.07, 6.45) is -3.91. The normalized spacial score (nSPS) is 12.3. The molecule has 2 nitrogen and oxygen atoms in total. The molecular formula is C9H6BrF3N2. The maximum atomic E-state index is 12.2. The first-order valence-electron chi connectivity index (χ1n) is 4.15. The third-order valence-electron chi connectivity index (χ3n) is 1.97. The van der Waals surface area contributed by atoms with Crippen molar-refractivity contribution in [1.29, 1.82) is 0 Å². The van der Waals surface area contributed by atoms with Gasteiger partial charge in [-0.1, -0.05) is 6.07 Å². The number of rotatable bonds is 1. The fourth-order valence-electron chi connectivity index (χ4n) is 1.38. The highest BCUT2D eigenvalue weighted by Gasteiger charge is 2.29. The molecule has 2 heterocycles. The van der Waals surface area contributed by atoms with Gasteiger partial charge in [-0.2, -0.15) is 18.3 Å². The molecule has 6 heteroatoms. The lowest BCUT2D eigenvalue weighted by Crippen LogP contribution is -2.11. The largest absolute Gasteiger partial charge is 0.393 e. The van der Waals surface area contributed by atoms with E-state index in [1.54, 1.807) is 18.2 Å². The van der Waals surface area contributed by atoms with E-state index in [4.69, 9.17) is 0 Å². The zero-order valence-electron chi connectivity index (χ0n) is 7.42. The molecule has 0 saturated heterocycles. The zero-order valence-corrected chi connectivity index (χ0v) is 9.01. The molecule has 2 rings (SSSR count). The van der Waals surface area contributed by atoms with Crippen molar-refractivity contribution in [3.63, 3.8) is 0 Å². The van der Waals surface area contributed by atoms with Gasteiger partial charge in [-0.3, -0.25) is 0 Å². The maximum absolute atomic E-state index is 12.2. The van der Waals surface area contributed by atoms with Gasteiger partial charge in [0.05, 0.1) is 18.1 Å². The van der Waals surface area contributed by atoms with Crippen LogP contribution in [0.2, 0.25) is 0 Å². The highest BCUT2D eigenvalue weighted by Crippen LogP contribution is 2.25. The lowest BCUT2D eigenvalue weighted by atomic mass is 10.2. The van der Waals surface area contributed by atoms with Gasteiger partial charge in [0.15, 0.2) is 0 Å². The predicted molar refractivity (Wildman–Crippen MR) is 52.7 cm³/mol. The molecule has 0 aromatic carbocycles. The second-order valence-electron chi connectivity index (χ2n) is 3.11. The van der Waals surface area contributed by atoms with Gasteiger partial charge >= 0.3 is 6.18 Å². The van der Waals surface area contributed by atoms with Crippen LogP contribution in [0.1, 0.15) is 5.56 Å². The average Bonchev–Trinajstić information content (AvgIpc) is 2.48. The zero-order chi connectivity index (χ0) is 11.1. The molecule has 0 saturated carbocycles. The number of alkyl halides is 3. The number of halogens is 4. The molecule has 2 aromatic heterocycles. The summed E-state index contributed by atoms with van der Waals surface area (Å²) < 4.78 is 38.7. The monoisotopic (exact) mass is 278 g/mol. The van der Waals surface area contributed by atoms with E-state index < -0.39 is 12.6 Å². The van der Waals surface area contributed by atoms with Gasteiger partial charge in [0.25, 0.3) is 0 Å². The quantitative estimate of drug-likeness (QED) is 0.733. The van der Waals surface area contributed by atoms with Crippen molar-refractivity contribution in [3.05, 3.63) is 34.6 Å². The summed E-state index contributed by atoms with van der Waals surface area (Å²) in [6, 6.07) is 5.01. The van der Waals surface area contributed by atoms with E-state index in [9.17, 15) is 13.2 Å². The Labute approximate surface area is 91.8 Å². The molecule has 2 aromatic rings. The van der Waals surface area contributed by atoms with Crippen molar-refractivity contribution in [3.8, 4) is 0 Å². The van der Waals surface area contributed by atoms with Gasteiger partial charge in [-0.05, 0) is 28.1 Å². The van der Waals surface area contributed by atoms with Gasteiger partial charge in [0.1, 0.15) is 4.60 Å². The minimum absolute atomic E-state index is 0.184. The van der Waals surface area contributed by atoms with E-state index >= 15 is 0 Å². The van der Waals surface area contributed by atoms with E-state index in [-0.39, 0.29) is 5.56 Å². The van der Waals surface area contributed by atoms with E-state index in [1.165, 1.54) is 10.7 Å². The van der Waals surface area contributed by atoms with Crippen LogP contribution in [0.3, 0.4) is 0 Å². The van der Waals surface area contributed by atoms with Crippen LogP contribution in [-0.2, 0) is 6.42 Å². The van der Waals surface area contributed by atoms with Crippen molar-refractivity contribution < 1.29 is 13.2 Å². The third kappa shape index (κ3) is 2.14. The van der Waals surface area contributed by atoms with Crippen LogP contribution >= 0.6 is 15.9 Å². The summed E-state index contributed by atoms with van der Waals surface area (Å²) in [6.45, 7) is 0. The first-order chi connectivity index (χ1) is 6.97. The van der Waals surface area contributed by atoms with Crippen LogP contribution in [-0.4, -0.2) is 15.8 Å². The molecule has 0 aliphatic carbocycles. The number of hydrogen-bond acceptors (Lipinski definition) is 1. The fourth-order valence-corrected chi connectivity index (χ4v) is 1.82. The molecule has 0 radical (unpaired) electrons. The first kappa shape index (κ1) is 10.5. The number of aromatic nitrogens is 2. The molecule has 0 fully saturated rings. The summed E-state index contributed by atoms with van der Waals surface area (Å²) in [7, 11) is 0. The molecular weight excluding hydrogens is 273 g/mol. The standard InChI is InChI=1S/C9H6BrF3N2/c10-8-3-1-2-7-6(4-9(11,12)13)5-14-15(7)8/h1-3,5H,4H2. The first-order valence-corrected chi connectivity index (χ1v) is 4.94. The number of hydrogen-bond donors (Lipinski definition) is 0. The van der Waals surface area contributed by atoms with Crippen LogP contribution < -0.4 is 0 Å². The lowest BCUT2D eigenvalue weighted by molar-refractivity contribution is -0.127. The molecule has 0 bridgehead atoms. The van der Waals surface area contributed by atoms with E-state index in [1.807, 2.05) is 0 Å². The van der Waals surface area contributed by atoms with Crippen LogP contribution in [0.15, 0.2) is 29.0 Å². The summed E-state index contributed by atoms with van der Waals surface area (Å²) in [5, 5.41) is 3.87. The van der Waals surface area contributed by atoms with Gasteiger partial charge in [-0.25, -0.2) is 4.52 Å². The SMILES string of the molecule is FC(F)(F)Cc1cnn2c(Br)cccc12. The highest BCUT2D eigenvalue weighted by molar-refractivity contribution is 9.10. The van der Waals surface area contributed by atoms with Crippen LogP contribution in [0, 0.1) is 0 Å². The Bertz CT molecular complexity index is 490. The number of pyridine rings is 1. The summed E-state index contributed by atoms with van der Waals surface area (Å²) >= 11 is 3.21. The predicted octanol–water partition coefficient (Wildman–Crippen LogP) is 3.20. The lowest BCUT2D eigenvalue weighted by Gasteiger charge is -2.04. The van der Waals surface area contributed by atoms with Crippen molar-refractivity contribution in [2.75, 3.05) is 0 Å². The minimum atomic E-state index is -4.20. The van der Waals surface area contributed by atoms with Gasteiger partial charge in [0.2, 0.25) is 0 Å². The maximum Gasteiger partial charge on any atom is 0.393 e. The number of fused-ring (bicyclic) bond motifs is 1. The van der Waals surface area contributed by atoms with Gasteiger partial charge in [0, 0.05) is 5.56 Å². The minimum Gasteiger partial charge on any atom is -0.226 e. The highest BCUT2D eigenvalue weighted by atomic mass is 79.9.